The summed E-state index contributed by atoms with van der Waals surface area (Å²) in [7, 11) is 0. The highest BCUT2D eigenvalue weighted by Crippen LogP contribution is 2.19. The molecule has 1 aliphatic heterocycles. The minimum Gasteiger partial charge on any atom is -0.369 e. The van der Waals surface area contributed by atoms with Crippen molar-refractivity contribution in [2.75, 3.05) is 13.1 Å². The molecule has 1 unspecified atom stereocenters. The van der Waals surface area contributed by atoms with E-state index in [1.165, 1.54) is 89.9 Å². The van der Waals surface area contributed by atoms with Crippen LogP contribution in [-0.4, -0.2) is 35.6 Å². The van der Waals surface area contributed by atoms with Crippen LogP contribution < -0.4 is 11.1 Å². The summed E-state index contributed by atoms with van der Waals surface area (Å²) in [6.45, 7) is 4.04. The quantitative estimate of drug-likeness (QED) is 0.0827. The number of unbranched alkanes of at least 4 members (excludes halogenated alkanes) is 16. The highest BCUT2D eigenvalue weighted by Gasteiger charge is 2.14. The third-order valence-electron chi connectivity index (χ3n) is 9.20. The van der Waals surface area contributed by atoms with Crippen LogP contribution in [0.2, 0.25) is 0 Å². The molecule has 47 heavy (non-hydrogen) atoms. The smallest absolute Gasteiger partial charge is 0.220 e. The first-order valence-corrected chi connectivity index (χ1v) is 19.0. The normalized spacial score (nSPS) is 14.6. The van der Waals surface area contributed by atoms with E-state index in [0.29, 0.717) is 6.42 Å². The molecule has 0 fully saturated rings. The second-order valence-electron chi connectivity index (χ2n) is 13.4. The number of allylic oxidation sites excluding steroid dienone is 10. The number of nitrogens with two attached hydrogens (primary N) is 1. The van der Waals surface area contributed by atoms with Gasteiger partial charge in [-0.3, -0.25) is 14.4 Å². The van der Waals surface area contributed by atoms with Crippen LogP contribution in [0.4, 0.5) is 0 Å². The molecule has 262 valence electrons. The van der Waals surface area contributed by atoms with Gasteiger partial charge in [0.1, 0.15) is 0 Å². The van der Waals surface area contributed by atoms with Crippen LogP contribution in [0, 0.1) is 5.92 Å². The number of hydrogen-bond donors (Lipinski definition) is 2. The van der Waals surface area contributed by atoms with Crippen molar-refractivity contribution < 1.29 is 14.4 Å². The van der Waals surface area contributed by atoms with E-state index < -0.39 is 0 Å². The van der Waals surface area contributed by atoms with Crippen molar-refractivity contribution in [2.45, 2.75) is 148 Å². The van der Waals surface area contributed by atoms with Gasteiger partial charge in [0.25, 0.3) is 0 Å². The SMILES string of the molecule is CCCCCC(CCCCCCCCCCNC(=O)CCCCCCCCCCN1C=CC(=CC=C2C=CC(=O)C=C2)C=C1)C(N)=O. The summed E-state index contributed by atoms with van der Waals surface area (Å²) < 4.78 is 0. The molecule has 2 aliphatic rings. The van der Waals surface area contributed by atoms with E-state index in [4.69, 9.17) is 5.73 Å². The molecule has 1 heterocycles. The lowest BCUT2D eigenvalue weighted by atomic mass is 9.94. The summed E-state index contributed by atoms with van der Waals surface area (Å²) in [5, 5.41) is 3.10. The van der Waals surface area contributed by atoms with Crippen LogP contribution in [0.15, 0.2) is 72.2 Å². The van der Waals surface area contributed by atoms with E-state index in [1.54, 1.807) is 12.2 Å². The Bertz CT molecular complexity index is 1050. The van der Waals surface area contributed by atoms with Gasteiger partial charge >= 0.3 is 0 Å². The van der Waals surface area contributed by atoms with Gasteiger partial charge in [-0.15, -0.1) is 0 Å². The van der Waals surface area contributed by atoms with Crippen LogP contribution in [0.1, 0.15) is 148 Å². The zero-order valence-corrected chi connectivity index (χ0v) is 29.6. The highest BCUT2D eigenvalue weighted by atomic mass is 16.2. The molecule has 0 spiro atoms. The molecule has 0 bridgehead atoms. The van der Waals surface area contributed by atoms with Gasteiger partial charge in [-0.25, -0.2) is 0 Å². The zero-order chi connectivity index (χ0) is 33.8. The fourth-order valence-electron chi connectivity index (χ4n) is 6.10. The van der Waals surface area contributed by atoms with Crippen molar-refractivity contribution in [1.29, 1.82) is 0 Å². The molecule has 6 heteroatoms. The minimum absolute atomic E-state index is 0.0396. The molecule has 2 amide bonds. The van der Waals surface area contributed by atoms with Gasteiger partial charge in [-0.2, -0.15) is 0 Å². The van der Waals surface area contributed by atoms with E-state index in [1.807, 2.05) is 18.2 Å². The van der Waals surface area contributed by atoms with Crippen LogP contribution in [0.25, 0.3) is 0 Å². The number of ketones is 1. The summed E-state index contributed by atoms with van der Waals surface area (Å²) in [5.74, 6) is 0.215. The second kappa shape index (κ2) is 26.9. The van der Waals surface area contributed by atoms with E-state index in [0.717, 1.165) is 69.2 Å². The van der Waals surface area contributed by atoms with Crippen molar-refractivity contribution in [3.05, 3.63) is 72.2 Å². The molecule has 0 saturated carbocycles. The molecule has 6 nitrogen and oxygen atoms in total. The first-order valence-electron chi connectivity index (χ1n) is 19.0. The van der Waals surface area contributed by atoms with Crippen LogP contribution in [0.3, 0.4) is 0 Å². The van der Waals surface area contributed by atoms with Crippen molar-refractivity contribution in [1.82, 2.24) is 10.2 Å². The molecule has 0 aromatic carbocycles. The third kappa shape index (κ3) is 21.4. The molecule has 0 aromatic rings. The monoisotopic (exact) mass is 648 g/mol. The average Bonchev–Trinajstić information content (AvgIpc) is 3.07. The Morgan fingerprint density at radius 1 is 0.660 bits per heavy atom. The van der Waals surface area contributed by atoms with Gasteiger partial charge in [0.2, 0.25) is 11.8 Å². The summed E-state index contributed by atoms with van der Waals surface area (Å²) in [5.41, 5.74) is 7.76. The maximum Gasteiger partial charge on any atom is 0.220 e. The molecule has 3 N–H and O–H groups in total. The van der Waals surface area contributed by atoms with Crippen LogP contribution in [-0.2, 0) is 14.4 Å². The average molecular weight is 648 g/mol. The fraction of sp³-hybridized carbons (Fsp3) is 0.634. The standard InChI is InChI=1S/C41H65N3O3/c1-2-3-16-21-38(41(42)47)22-17-12-8-4-6-10-14-19-32-43-40(46)23-18-13-9-5-7-11-15-20-33-44-34-30-37(31-35-44)25-24-36-26-28-39(45)29-27-36/h24-31,34-35,38H,2-23,32-33H2,1H3,(H2,42,47)(H,43,46). The van der Waals surface area contributed by atoms with Crippen LogP contribution >= 0.6 is 0 Å². The molecule has 0 aromatic heterocycles. The lowest BCUT2D eigenvalue weighted by Gasteiger charge is -2.18. The van der Waals surface area contributed by atoms with Crippen molar-refractivity contribution in [2.24, 2.45) is 11.7 Å². The molecule has 1 aliphatic carbocycles. The maximum absolute atomic E-state index is 12.1. The first kappa shape index (κ1) is 40.0. The Kier molecular flexibility index (Phi) is 22.9. The summed E-state index contributed by atoms with van der Waals surface area (Å²) in [6, 6.07) is 0. The van der Waals surface area contributed by atoms with E-state index in [9.17, 15) is 14.4 Å². The van der Waals surface area contributed by atoms with Gasteiger partial charge in [0.15, 0.2) is 5.78 Å². The van der Waals surface area contributed by atoms with Gasteiger partial charge in [0.05, 0.1) is 0 Å². The number of rotatable bonds is 28. The third-order valence-corrected chi connectivity index (χ3v) is 9.20. The maximum atomic E-state index is 12.1. The zero-order valence-electron chi connectivity index (χ0n) is 29.6. The molecular weight excluding hydrogens is 582 g/mol. The number of carbonyl (C=O) groups excluding carboxylic acids is 3. The number of carbonyl (C=O) groups is 3. The van der Waals surface area contributed by atoms with Crippen molar-refractivity contribution in [3.8, 4) is 0 Å². The topological polar surface area (TPSA) is 92.5 Å². The highest BCUT2D eigenvalue weighted by molar-refractivity contribution is 6.01. The van der Waals surface area contributed by atoms with Crippen LogP contribution in [0.5, 0.6) is 0 Å². The minimum atomic E-state index is -0.114. The predicted octanol–water partition coefficient (Wildman–Crippen LogP) is 9.70. The molecular formula is C41H65N3O3. The first-order chi connectivity index (χ1) is 23.0. The molecule has 0 radical (unpaired) electrons. The number of amides is 2. The summed E-state index contributed by atoms with van der Waals surface area (Å²) >= 11 is 0. The second-order valence-corrected chi connectivity index (χ2v) is 13.4. The van der Waals surface area contributed by atoms with Gasteiger partial charge in [-0.1, -0.05) is 134 Å². The van der Waals surface area contributed by atoms with Crippen molar-refractivity contribution >= 4 is 17.6 Å². The number of hydrogen-bond acceptors (Lipinski definition) is 4. The summed E-state index contributed by atoms with van der Waals surface area (Å²) in [6.07, 6.45) is 44.8. The molecule has 2 rings (SSSR count). The Balaban J connectivity index is 1.31. The Hall–Kier alpha value is -3.15. The van der Waals surface area contributed by atoms with E-state index in [2.05, 4.69) is 47.8 Å². The number of nitrogens with zero attached hydrogens (tertiary/aromatic N) is 1. The largest absolute Gasteiger partial charge is 0.369 e. The lowest BCUT2D eigenvalue weighted by molar-refractivity contribution is -0.122. The predicted molar refractivity (Wildman–Crippen MR) is 197 cm³/mol. The van der Waals surface area contributed by atoms with Crippen molar-refractivity contribution in [3.63, 3.8) is 0 Å². The van der Waals surface area contributed by atoms with Gasteiger partial charge < -0.3 is 16.0 Å². The molecule has 1 atom stereocenters. The summed E-state index contributed by atoms with van der Waals surface area (Å²) in [4.78, 5) is 37.2. The van der Waals surface area contributed by atoms with Gasteiger partial charge in [0, 0.05) is 37.8 Å². The van der Waals surface area contributed by atoms with E-state index in [-0.39, 0.29) is 23.5 Å². The number of nitrogens with one attached hydrogen (secondary N) is 1. The molecule has 0 saturated heterocycles. The fourth-order valence-corrected chi connectivity index (χ4v) is 6.10. The lowest BCUT2D eigenvalue weighted by Crippen LogP contribution is -2.23. The van der Waals surface area contributed by atoms with E-state index >= 15 is 0 Å². The number of primary amides is 1. The van der Waals surface area contributed by atoms with Gasteiger partial charge in [-0.05, 0) is 67.6 Å². The Morgan fingerprint density at radius 2 is 1.15 bits per heavy atom. The Morgan fingerprint density at radius 3 is 1.72 bits per heavy atom. The Labute approximate surface area is 286 Å².